The van der Waals surface area contributed by atoms with Crippen LogP contribution in [0.1, 0.15) is 11.5 Å². The van der Waals surface area contributed by atoms with Crippen LogP contribution in [0.2, 0.25) is 0 Å². The molecule has 0 aliphatic heterocycles. The zero-order valence-electron chi connectivity index (χ0n) is 9.71. The first-order valence-electron chi connectivity index (χ1n) is 5.72. The van der Waals surface area contributed by atoms with Crippen LogP contribution >= 0.6 is 0 Å². The number of rotatable bonds is 4. The molecule has 90 valence electrons. The summed E-state index contributed by atoms with van der Waals surface area (Å²) in [5.74, 6) is 0.649. The summed E-state index contributed by atoms with van der Waals surface area (Å²) in [6.07, 6.45) is 1.32. The molecule has 2 aromatic heterocycles. The van der Waals surface area contributed by atoms with Crippen molar-refractivity contribution in [3.63, 3.8) is 0 Å². The molecule has 0 saturated carbocycles. The Labute approximate surface area is 104 Å². The van der Waals surface area contributed by atoms with E-state index < -0.39 is 0 Å². The lowest BCUT2D eigenvalue weighted by molar-refractivity contribution is 0.407. The Morgan fingerprint density at radius 2 is 2.00 bits per heavy atom. The van der Waals surface area contributed by atoms with Crippen LogP contribution in [0.15, 0.2) is 47.3 Å². The van der Waals surface area contributed by atoms with Gasteiger partial charge in [0.2, 0.25) is 6.39 Å². The number of nitrogens with zero attached hydrogens (tertiary/aromatic N) is 3. The van der Waals surface area contributed by atoms with Crippen LogP contribution in [0.3, 0.4) is 0 Å². The van der Waals surface area contributed by atoms with E-state index in [1.165, 1.54) is 6.39 Å². The predicted molar refractivity (Wildman–Crippen MR) is 66.6 cm³/mol. The Morgan fingerprint density at radius 3 is 2.89 bits per heavy atom. The minimum atomic E-state index is 0.574. The molecule has 3 aromatic rings. The number of nitrogens with one attached hydrogen (secondary N) is 1. The van der Waals surface area contributed by atoms with Gasteiger partial charge in [-0.3, -0.25) is 4.98 Å². The van der Waals surface area contributed by atoms with E-state index in [9.17, 15) is 0 Å². The van der Waals surface area contributed by atoms with Gasteiger partial charge in [0, 0.05) is 11.9 Å². The first-order valence-corrected chi connectivity index (χ1v) is 5.72. The Kier molecular flexibility index (Phi) is 2.97. The number of pyridine rings is 1. The fourth-order valence-electron chi connectivity index (χ4n) is 1.78. The predicted octanol–water partition coefficient (Wildman–Crippen LogP) is 1.91. The van der Waals surface area contributed by atoms with E-state index in [0.29, 0.717) is 18.9 Å². The fourth-order valence-corrected chi connectivity index (χ4v) is 1.78. The molecule has 0 amide bonds. The molecule has 0 aliphatic rings. The molecule has 0 aliphatic carbocycles. The second-order valence-electron chi connectivity index (χ2n) is 3.95. The van der Waals surface area contributed by atoms with E-state index in [-0.39, 0.29) is 0 Å². The first-order chi connectivity index (χ1) is 8.92. The monoisotopic (exact) mass is 240 g/mol. The molecule has 18 heavy (non-hydrogen) atoms. The van der Waals surface area contributed by atoms with Crippen LogP contribution in [0.25, 0.3) is 10.9 Å². The number of benzene rings is 1. The summed E-state index contributed by atoms with van der Waals surface area (Å²) in [7, 11) is 0. The average molecular weight is 240 g/mol. The van der Waals surface area contributed by atoms with E-state index in [2.05, 4.69) is 37.1 Å². The van der Waals surface area contributed by atoms with E-state index in [1.807, 2.05) is 24.3 Å². The van der Waals surface area contributed by atoms with Crippen molar-refractivity contribution >= 4 is 10.9 Å². The van der Waals surface area contributed by atoms with Crippen molar-refractivity contribution in [3.8, 4) is 0 Å². The number of fused-ring (bicyclic) bond motifs is 1. The van der Waals surface area contributed by atoms with Crippen LogP contribution in [0, 0.1) is 0 Å². The molecule has 1 aromatic carbocycles. The van der Waals surface area contributed by atoms with Gasteiger partial charge in [-0.15, -0.1) is 0 Å². The van der Waals surface area contributed by atoms with Gasteiger partial charge in [-0.25, -0.2) is 0 Å². The van der Waals surface area contributed by atoms with Crippen LogP contribution in [-0.2, 0) is 13.1 Å². The quantitative estimate of drug-likeness (QED) is 0.754. The minimum absolute atomic E-state index is 0.574. The Balaban J connectivity index is 1.67. The van der Waals surface area contributed by atoms with Crippen molar-refractivity contribution in [2.45, 2.75) is 13.1 Å². The highest BCUT2D eigenvalue weighted by atomic mass is 16.5. The van der Waals surface area contributed by atoms with Crippen molar-refractivity contribution in [3.05, 3.63) is 54.3 Å². The molecule has 5 heteroatoms. The van der Waals surface area contributed by atoms with Gasteiger partial charge in [0.05, 0.1) is 17.8 Å². The molecule has 0 fully saturated rings. The lowest BCUT2D eigenvalue weighted by Gasteiger charge is -2.03. The first kappa shape index (κ1) is 10.9. The Bertz CT molecular complexity index is 636. The number of aromatic nitrogens is 3. The molecule has 3 rings (SSSR count). The fraction of sp³-hybridized carbons (Fsp3) is 0.154. The summed E-state index contributed by atoms with van der Waals surface area (Å²) in [4.78, 5) is 8.50. The van der Waals surface area contributed by atoms with E-state index >= 15 is 0 Å². The van der Waals surface area contributed by atoms with Gasteiger partial charge in [0.1, 0.15) is 0 Å². The van der Waals surface area contributed by atoms with Crippen LogP contribution in [0.5, 0.6) is 0 Å². The average Bonchev–Trinajstić information content (AvgIpc) is 2.92. The second kappa shape index (κ2) is 4.93. The van der Waals surface area contributed by atoms with Gasteiger partial charge in [0.25, 0.3) is 0 Å². The zero-order valence-corrected chi connectivity index (χ0v) is 9.71. The smallest absolute Gasteiger partial charge is 0.213 e. The summed E-state index contributed by atoms with van der Waals surface area (Å²) in [5, 5.41) is 8.10. The molecule has 0 saturated heterocycles. The summed E-state index contributed by atoms with van der Waals surface area (Å²) >= 11 is 0. The molecule has 0 bridgehead atoms. The summed E-state index contributed by atoms with van der Waals surface area (Å²) in [5.41, 5.74) is 2.01. The molecular formula is C13H12N4O. The lowest BCUT2D eigenvalue weighted by Crippen LogP contribution is -2.14. The molecule has 5 nitrogen and oxygen atoms in total. The minimum Gasteiger partial charge on any atom is -0.343 e. The summed E-state index contributed by atoms with van der Waals surface area (Å²) in [6, 6.07) is 12.2. The molecule has 0 atom stereocenters. The van der Waals surface area contributed by atoms with Crippen molar-refractivity contribution < 1.29 is 4.52 Å². The molecular weight excluding hydrogens is 228 g/mol. The third kappa shape index (κ3) is 2.36. The maximum atomic E-state index is 4.66. The van der Waals surface area contributed by atoms with Gasteiger partial charge in [-0.05, 0) is 12.1 Å². The third-order valence-corrected chi connectivity index (χ3v) is 2.65. The molecule has 1 N–H and O–H groups in total. The molecule has 0 unspecified atom stereocenters. The van der Waals surface area contributed by atoms with Gasteiger partial charge >= 0.3 is 0 Å². The topological polar surface area (TPSA) is 63.8 Å². The van der Waals surface area contributed by atoms with Gasteiger partial charge in [0.15, 0.2) is 5.82 Å². The summed E-state index contributed by atoms with van der Waals surface area (Å²) < 4.78 is 4.66. The van der Waals surface area contributed by atoms with Gasteiger partial charge in [-0.2, -0.15) is 4.98 Å². The van der Waals surface area contributed by atoms with Gasteiger partial charge in [-0.1, -0.05) is 29.4 Å². The van der Waals surface area contributed by atoms with Gasteiger partial charge < -0.3 is 9.84 Å². The second-order valence-corrected chi connectivity index (χ2v) is 3.95. The molecule has 0 spiro atoms. The van der Waals surface area contributed by atoms with Crippen molar-refractivity contribution in [2.75, 3.05) is 0 Å². The zero-order chi connectivity index (χ0) is 12.2. The van der Waals surface area contributed by atoms with Crippen LogP contribution in [-0.4, -0.2) is 15.1 Å². The van der Waals surface area contributed by atoms with Crippen LogP contribution in [0.4, 0.5) is 0 Å². The van der Waals surface area contributed by atoms with E-state index in [1.54, 1.807) is 0 Å². The normalized spacial score (nSPS) is 10.9. The highest BCUT2D eigenvalue weighted by Gasteiger charge is 2.00. The van der Waals surface area contributed by atoms with E-state index in [0.717, 1.165) is 16.6 Å². The van der Waals surface area contributed by atoms with Crippen LogP contribution < -0.4 is 5.32 Å². The van der Waals surface area contributed by atoms with E-state index in [4.69, 9.17) is 0 Å². The van der Waals surface area contributed by atoms with Crippen molar-refractivity contribution in [1.82, 2.24) is 20.4 Å². The van der Waals surface area contributed by atoms with Crippen molar-refractivity contribution in [1.29, 1.82) is 0 Å². The number of para-hydroxylation sites is 1. The molecule has 2 heterocycles. The maximum Gasteiger partial charge on any atom is 0.213 e. The Morgan fingerprint density at radius 1 is 1.06 bits per heavy atom. The number of hydrogen-bond acceptors (Lipinski definition) is 5. The summed E-state index contributed by atoms with van der Waals surface area (Å²) in [6.45, 7) is 1.25. The SMILES string of the molecule is c1ccc2nc(CNCc3ncon3)ccc2c1. The highest BCUT2D eigenvalue weighted by Crippen LogP contribution is 2.11. The lowest BCUT2D eigenvalue weighted by atomic mass is 10.2. The largest absolute Gasteiger partial charge is 0.343 e. The highest BCUT2D eigenvalue weighted by molar-refractivity contribution is 5.78. The number of hydrogen-bond donors (Lipinski definition) is 1. The Hall–Kier alpha value is -2.27. The maximum absolute atomic E-state index is 4.66. The standard InChI is InChI=1S/C13H12N4O/c1-2-4-12-10(3-1)5-6-11(16-12)7-14-8-13-15-9-18-17-13/h1-6,9,14H,7-8H2. The third-order valence-electron chi connectivity index (χ3n) is 2.65. The van der Waals surface area contributed by atoms with Crippen molar-refractivity contribution in [2.24, 2.45) is 0 Å². The molecule has 0 radical (unpaired) electrons.